The van der Waals surface area contributed by atoms with Gasteiger partial charge in [0, 0.05) is 13.2 Å². The van der Waals surface area contributed by atoms with E-state index in [1.807, 2.05) is 6.92 Å². The fourth-order valence-electron chi connectivity index (χ4n) is 2.17. The van der Waals surface area contributed by atoms with Crippen LogP contribution in [0, 0.1) is 5.41 Å². The Morgan fingerprint density at radius 2 is 1.87 bits per heavy atom. The lowest BCUT2D eigenvalue weighted by Gasteiger charge is -2.37. The highest BCUT2D eigenvalue weighted by atomic mass is 16.9. The summed E-state index contributed by atoms with van der Waals surface area (Å²) in [6.45, 7) is 8.00. The van der Waals surface area contributed by atoms with E-state index in [1.165, 1.54) is 5.57 Å². The summed E-state index contributed by atoms with van der Waals surface area (Å²) in [7, 11) is 0. The van der Waals surface area contributed by atoms with Crippen LogP contribution in [0.25, 0.3) is 0 Å². The van der Waals surface area contributed by atoms with E-state index < -0.39 is 0 Å². The lowest BCUT2D eigenvalue weighted by atomic mass is 9.81. The Bertz CT molecular complexity index is 248. The van der Waals surface area contributed by atoms with Crippen molar-refractivity contribution in [2.24, 2.45) is 5.41 Å². The third-order valence-corrected chi connectivity index (χ3v) is 3.21. The Morgan fingerprint density at radius 3 is 2.40 bits per heavy atom. The molecule has 0 spiro atoms. The molecule has 2 heterocycles. The quantitative estimate of drug-likeness (QED) is 0.658. The van der Waals surface area contributed by atoms with Crippen LogP contribution in [0.5, 0.6) is 0 Å². The Hall–Kier alpha value is -0.380. The summed E-state index contributed by atoms with van der Waals surface area (Å²) < 4.78 is 16.3. The topological polar surface area (TPSA) is 27.7 Å². The average molecular weight is 212 g/mol. The lowest BCUT2D eigenvalue weighted by Crippen LogP contribution is -2.40. The third kappa shape index (κ3) is 2.60. The zero-order valence-corrected chi connectivity index (χ0v) is 9.79. The molecule has 2 rings (SSSR count). The first kappa shape index (κ1) is 11.1. The molecule has 3 nitrogen and oxygen atoms in total. The van der Waals surface area contributed by atoms with Crippen molar-refractivity contribution in [1.29, 1.82) is 0 Å². The predicted octanol–water partition coefficient (Wildman–Crippen LogP) is 2.47. The van der Waals surface area contributed by atoms with Gasteiger partial charge in [0.25, 0.3) is 0 Å². The zero-order valence-electron chi connectivity index (χ0n) is 9.79. The number of rotatable bonds is 2. The first-order chi connectivity index (χ1) is 7.09. The largest absolute Gasteiger partial charge is 0.381 e. The highest BCUT2D eigenvalue weighted by Gasteiger charge is 2.31. The molecule has 0 amide bonds. The predicted molar refractivity (Wildman–Crippen MR) is 57.3 cm³/mol. The minimum absolute atomic E-state index is 0.0409. The van der Waals surface area contributed by atoms with Gasteiger partial charge in [0.05, 0.1) is 0 Å². The zero-order chi connectivity index (χ0) is 10.9. The highest BCUT2D eigenvalue weighted by molar-refractivity contribution is 5.10. The van der Waals surface area contributed by atoms with Gasteiger partial charge in [0.1, 0.15) is 0 Å². The summed E-state index contributed by atoms with van der Waals surface area (Å²) in [5.41, 5.74) is 1.45. The normalized spacial score (nSPS) is 36.1. The summed E-state index contributed by atoms with van der Waals surface area (Å²) in [5, 5.41) is 0. The van der Waals surface area contributed by atoms with Gasteiger partial charge < -0.3 is 14.2 Å². The second kappa shape index (κ2) is 4.24. The van der Waals surface area contributed by atoms with Crippen LogP contribution in [0.1, 0.15) is 33.6 Å². The molecule has 0 bridgehead atoms. The molecule has 15 heavy (non-hydrogen) atoms. The van der Waals surface area contributed by atoms with Gasteiger partial charge in [-0.25, -0.2) is 0 Å². The van der Waals surface area contributed by atoms with E-state index in [4.69, 9.17) is 14.2 Å². The van der Waals surface area contributed by atoms with Gasteiger partial charge in [0.15, 0.2) is 12.6 Å². The van der Waals surface area contributed by atoms with Crippen molar-refractivity contribution in [3.8, 4) is 0 Å². The number of hydrogen-bond acceptors (Lipinski definition) is 3. The van der Waals surface area contributed by atoms with Crippen LogP contribution in [0.4, 0.5) is 0 Å². The van der Waals surface area contributed by atoms with Crippen molar-refractivity contribution in [1.82, 2.24) is 0 Å². The second-order valence-electron chi connectivity index (χ2n) is 4.83. The van der Waals surface area contributed by atoms with Crippen molar-refractivity contribution < 1.29 is 14.2 Å². The summed E-state index contributed by atoms with van der Waals surface area (Å²) >= 11 is 0. The monoisotopic (exact) mass is 212 g/mol. The van der Waals surface area contributed by atoms with E-state index in [9.17, 15) is 0 Å². The molecule has 0 saturated carbocycles. The Kier molecular flexibility index (Phi) is 3.14. The molecule has 2 aliphatic rings. The number of ether oxygens (including phenoxy) is 3. The molecule has 0 aromatic carbocycles. The standard InChI is InChI=1S/C12H20O3/c1-9(11-14-10(2)15-11)8-12(3)4-6-13-7-5-12/h8,10-11H,4-7H2,1-3H3. The first-order valence-electron chi connectivity index (χ1n) is 5.67. The van der Waals surface area contributed by atoms with Gasteiger partial charge in [-0.3, -0.25) is 0 Å². The van der Waals surface area contributed by atoms with Crippen LogP contribution in [0.2, 0.25) is 0 Å². The second-order valence-corrected chi connectivity index (χ2v) is 4.83. The average Bonchev–Trinajstić information content (AvgIpc) is 2.13. The fourth-order valence-corrected chi connectivity index (χ4v) is 2.17. The molecule has 0 aromatic rings. The molecule has 0 unspecified atom stereocenters. The molecule has 0 aromatic heterocycles. The summed E-state index contributed by atoms with van der Waals surface area (Å²) in [6.07, 6.45) is 4.33. The van der Waals surface area contributed by atoms with Crippen LogP contribution in [0.3, 0.4) is 0 Å². The van der Waals surface area contributed by atoms with Crippen LogP contribution in [-0.2, 0) is 14.2 Å². The highest BCUT2D eigenvalue weighted by Crippen LogP contribution is 2.34. The van der Waals surface area contributed by atoms with Crippen molar-refractivity contribution in [2.75, 3.05) is 13.2 Å². The van der Waals surface area contributed by atoms with E-state index in [0.717, 1.165) is 26.1 Å². The maximum absolute atomic E-state index is 5.47. The maximum Gasteiger partial charge on any atom is 0.185 e. The van der Waals surface area contributed by atoms with Gasteiger partial charge >= 0.3 is 0 Å². The molecule has 0 aliphatic carbocycles. The molecule has 0 atom stereocenters. The first-order valence-corrected chi connectivity index (χ1v) is 5.67. The summed E-state index contributed by atoms with van der Waals surface area (Å²) in [6, 6.07) is 0. The molecule has 86 valence electrons. The molecule has 0 radical (unpaired) electrons. The van der Waals surface area contributed by atoms with E-state index in [2.05, 4.69) is 19.9 Å². The van der Waals surface area contributed by atoms with Crippen LogP contribution < -0.4 is 0 Å². The smallest absolute Gasteiger partial charge is 0.185 e. The Balaban J connectivity index is 1.95. The van der Waals surface area contributed by atoms with E-state index in [-0.39, 0.29) is 18.0 Å². The van der Waals surface area contributed by atoms with Crippen molar-refractivity contribution >= 4 is 0 Å². The van der Waals surface area contributed by atoms with E-state index >= 15 is 0 Å². The van der Waals surface area contributed by atoms with Gasteiger partial charge in [0.2, 0.25) is 0 Å². The number of allylic oxidation sites excluding steroid dienone is 1. The molecule has 2 saturated heterocycles. The summed E-state index contributed by atoms with van der Waals surface area (Å²) in [5.74, 6) is 0. The minimum atomic E-state index is -0.111. The molecule has 2 fully saturated rings. The van der Waals surface area contributed by atoms with Gasteiger partial charge in [-0.15, -0.1) is 0 Å². The van der Waals surface area contributed by atoms with Crippen LogP contribution in [-0.4, -0.2) is 25.8 Å². The van der Waals surface area contributed by atoms with Crippen LogP contribution in [0.15, 0.2) is 11.6 Å². The van der Waals surface area contributed by atoms with Crippen molar-refractivity contribution in [2.45, 2.75) is 46.2 Å². The molecular weight excluding hydrogens is 192 g/mol. The third-order valence-electron chi connectivity index (χ3n) is 3.21. The van der Waals surface area contributed by atoms with Gasteiger partial charge in [-0.05, 0) is 37.7 Å². The molecule has 2 aliphatic heterocycles. The van der Waals surface area contributed by atoms with E-state index in [1.54, 1.807) is 0 Å². The Morgan fingerprint density at radius 1 is 1.27 bits per heavy atom. The molecule has 3 heteroatoms. The maximum atomic E-state index is 5.47. The molecular formula is C12H20O3. The molecule has 0 N–H and O–H groups in total. The summed E-state index contributed by atoms with van der Waals surface area (Å²) in [4.78, 5) is 0. The van der Waals surface area contributed by atoms with E-state index in [0.29, 0.717) is 0 Å². The van der Waals surface area contributed by atoms with Crippen LogP contribution >= 0.6 is 0 Å². The van der Waals surface area contributed by atoms with Crippen molar-refractivity contribution in [3.05, 3.63) is 11.6 Å². The van der Waals surface area contributed by atoms with Gasteiger partial charge in [-0.2, -0.15) is 0 Å². The number of hydrogen-bond donors (Lipinski definition) is 0. The Labute approximate surface area is 91.4 Å². The SMILES string of the molecule is CC(=CC1(C)CCOCC1)C1OC(C)O1. The van der Waals surface area contributed by atoms with Gasteiger partial charge in [-0.1, -0.05) is 13.0 Å². The van der Waals surface area contributed by atoms with Crippen molar-refractivity contribution in [3.63, 3.8) is 0 Å². The lowest BCUT2D eigenvalue weighted by molar-refractivity contribution is -0.359. The fraction of sp³-hybridized carbons (Fsp3) is 0.833. The minimum Gasteiger partial charge on any atom is -0.381 e.